The van der Waals surface area contributed by atoms with Crippen LogP contribution in [-0.4, -0.2) is 15.7 Å². The smallest absolute Gasteiger partial charge is 0.254 e. The topological polar surface area (TPSA) is 99.0 Å². The minimum absolute atomic E-state index is 0.326. The molecule has 24 heavy (non-hydrogen) atoms. The molecule has 1 fully saturated rings. The highest BCUT2D eigenvalue weighted by molar-refractivity contribution is 5.98. The molecule has 0 aliphatic heterocycles. The van der Waals surface area contributed by atoms with Crippen molar-refractivity contribution in [2.24, 2.45) is 17.4 Å². The number of hydrogen-bond acceptors (Lipinski definition) is 4. The average molecular weight is 327 g/mol. The van der Waals surface area contributed by atoms with Gasteiger partial charge in [0, 0.05) is 18.4 Å². The molecule has 1 aliphatic carbocycles. The maximum absolute atomic E-state index is 11.8. The Bertz CT molecular complexity index is 707. The first kappa shape index (κ1) is 16.5. The van der Waals surface area contributed by atoms with Crippen molar-refractivity contribution < 1.29 is 4.79 Å². The summed E-state index contributed by atoms with van der Waals surface area (Å²) in [5.74, 6) is 0.600. The van der Waals surface area contributed by atoms with Crippen LogP contribution in [0.25, 0.3) is 0 Å². The van der Waals surface area contributed by atoms with Crippen molar-refractivity contribution in [2.45, 2.75) is 45.2 Å². The first-order chi connectivity index (χ1) is 11.6. The molecule has 1 heterocycles. The van der Waals surface area contributed by atoms with Crippen molar-refractivity contribution in [3.63, 3.8) is 0 Å². The summed E-state index contributed by atoms with van der Waals surface area (Å²) in [6.45, 7) is 2.75. The van der Waals surface area contributed by atoms with Crippen LogP contribution >= 0.6 is 0 Å². The van der Waals surface area contributed by atoms with Gasteiger partial charge in [0.2, 0.25) is 0 Å². The Hall–Kier alpha value is -2.34. The molecule has 5 N–H and O–H groups in total. The molecule has 0 spiro atoms. The molecule has 0 bridgehead atoms. The van der Waals surface area contributed by atoms with Gasteiger partial charge in [-0.1, -0.05) is 31.9 Å². The zero-order valence-corrected chi connectivity index (χ0v) is 14.0. The van der Waals surface area contributed by atoms with Gasteiger partial charge in [-0.15, -0.1) is 0 Å². The number of hydrogen-bond donors (Lipinski definition) is 3. The van der Waals surface area contributed by atoms with E-state index in [1.165, 1.54) is 19.3 Å². The summed E-state index contributed by atoms with van der Waals surface area (Å²) in [6, 6.07) is 8.08. The molecule has 6 nitrogen and oxygen atoms in total. The van der Waals surface area contributed by atoms with Crippen LogP contribution in [0.1, 0.15) is 54.6 Å². The first-order valence-electron chi connectivity index (χ1n) is 8.53. The second-order valence-corrected chi connectivity index (χ2v) is 6.59. The SMILES string of the molecule is C[C@H]1CCCC[C@@H]1n1cc(C(N)=O)c(Nc2ccc(CN)cc2)n1. The lowest BCUT2D eigenvalue weighted by molar-refractivity contribution is 0.100. The lowest BCUT2D eigenvalue weighted by Gasteiger charge is -2.28. The third-order valence-electron chi connectivity index (χ3n) is 4.86. The number of anilines is 2. The number of rotatable bonds is 5. The number of aromatic nitrogens is 2. The Morgan fingerprint density at radius 1 is 1.29 bits per heavy atom. The molecule has 0 radical (unpaired) electrons. The van der Waals surface area contributed by atoms with E-state index in [2.05, 4.69) is 17.3 Å². The van der Waals surface area contributed by atoms with Crippen LogP contribution in [0, 0.1) is 5.92 Å². The summed E-state index contributed by atoms with van der Waals surface area (Å²) in [7, 11) is 0. The molecule has 0 saturated heterocycles. The van der Waals surface area contributed by atoms with E-state index in [1.807, 2.05) is 28.9 Å². The Balaban J connectivity index is 1.86. The van der Waals surface area contributed by atoms with Crippen LogP contribution in [0.4, 0.5) is 11.5 Å². The predicted molar refractivity (Wildman–Crippen MR) is 95.0 cm³/mol. The van der Waals surface area contributed by atoms with Crippen molar-refractivity contribution in [1.29, 1.82) is 0 Å². The van der Waals surface area contributed by atoms with Crippen molar-refractivity contribution in [2.75, 3.05) is 5.32 Å². The van der Waals surface area contributed by atoms with Crippen LogP contribution < -0.4 is 16.8 Å². The Labute approximate surface area is 142 Å². The normalized spacial score (nSPS) is 20.8. The monoisotopic (exact) mass is 327 g/mol. The first-order valence-corrected chi connectivity index (χ1v) is 8.53. The highest BCUT2D eigenvalue weighted by Gasteiger charge is 2.25. The van der Waals surface area contributed by atoms with Gasteiger partial charge >= 0.3 is 0 Å². The predicted octanol–water partition coefficient (Wildman–Crippen LogP) is 2.94. The Morgan fingerprint density at radius 2 is 2.00 bits per heavy atom. The quantitative estimate of drug-likeness (QED) is 0.786. The van der Waals surface area contributed by atoms with Crippen LogP contribution in [0.15, 0.2) is 30.5 Å². The van der Waals surface area contributed by atoms with Crippen molar-refractivity contribution in [1.82, 2.24) is 9.78 Å². The molecule has 0 unspecified atom stereocenters. The van der Waals surface area contributed by atoms with Gasteiger partial charge in [-0.3, -0.25) is 9.48 Å². The summed E-state index contributed by atoms with van der Waals surface area (Å²) < 4.78 is 1.92. The molecule has 1 saturated carbocycles. The number of benzene rings is 1. The average Bonchev–Trinajstić information content (AvgIpc) is 3.00. The lowest BCUT2D eigenvalue weighted by Crippen LogP contribution is -2.21. The third-order valence-corrected chi connectivity index (χ3v) is 4.86. The van der Waals surface area contributed by atoms with E-state index in [4.69, 9.17) is 11.5 Å². The highest BCUT2D eigenvalue weighted by atomic mass is 16.1. The van der Waals surface area contributed by atoms with Crippen molar-refractivity contribution >= 4 is 17.4 Å². The van der Waals surface area contributed by atoms with E-state index in [0.29, 0.717) is 29.9 Å². The maximum Gasteiger partial charge on any atom is 0.254 e. The minimum Gasteiger partial charge on any atom is -0.365 e. The van der Waals surface area contributed by atoms with Gasteiger partial charge in [0.1, 0.15) is 5.56 Å². The van der Waals surface area contributed by atoms with Gasteiger partial charge in [0.25, 0.3) is 5.91 Å². The fourth-order valence-corrected chi connectivity index (χ4v) is 3.38. The van der Waals surface area contributed by atoms with E-state index in [9.17, 15) is 4.79 Å². The highest BCUT2D eigenvalue weighted by Crippen LogP contribution is 2.34. The number of amides is 1. The van der Waals surface area contributed by atoms with E-state index in [0.717, 1.165) is 17.7 Å². The molecule has 2 atom stereocenters. The zero-order chi connectivity index (χ0) is 17.1. The summed E-state index contributed by atoms with van der Waals surface area (Å²) in [5, 5.41) is 7.83. The van der Waals surface area contributed by atoms with E-state index >= 15 is 0 Å². The summed E-state index contributed by atoms with van der Waals surface area (Å²) in [4.78, 5) is 11.8. The zero-order valence-electron chi connectivity index (χ0n) is 14.0. The van der Waals surface area contributed by atoms with Crippen molar-refractivity contribution in [3.8, 4) is 0 Å². The molecule has 1 amide bonds. The Morgan fingerprint density at radius 3 is 2.62 bits per heavy atom. The molecular weight excluding hydrogens is 302 g/mol. The van der Waals surface area contributed by atoms with E-state index < -0.39 is 5.91 Å². The maximum atomic E-state index is 11.8. The number of nitrogens with one attached hydrogen (secondary N) is 1. The van der Waals surface area contributed by atoms with E-state index in [1.54, 1.807) is 6.20 Å². The second-order valence-electron chi connectivity index (χ2n) is 6.59. The molecular formula is C18H25N5O. The molecule has 1 aromatic carbocycles. The standard InChI is InChI=1S/C18H25N5O/c1-12-4-2-3-5-16(12)23-11-15(17(20)24)18(22-23)21-14-8-6-13(10-19)7-9-14/h6-9,11-12,16H,2-5,10,19H2,1H3,(H2,20,24)(H,21,22)/t12-,16-/m0/s1. The third kappa shape index (κ3) is 3.43. The van der Waals surface area contributed by atoms with Crippen LogP contribution in [0.2, 0.25) is 0 Å². The molecule has 3 rings (SSSR count). The molecule has 1 aliphatic rings. The number of nitrogens with two attached hydrogens (primary N) is 2. The second kappa shape index (κ2) is 7.05. The number of carbonyl (C=O) groups excluding carboxylic acids is 1. The molecule has 128 valence electrons. The fourth-order valence-electron chi connectivity index (χ4n) is 3.38. The van der Waals surface area contributed by atoms with Crippen LogP contribution in [-0.2, 0) is 6.54 Å². The van der Waals surface area contributed by atoms with Gasteiger partial charge in [-0.25, -0.2) is 0 Å². The molecule has 2 aromatic rings. The summed E-state index contributed by atoms with van der Waals surface area (Å²) >= 11 is 0. The van der Waals surface area contributed by atoms with Gasteiger partial charge in [0.05, 0.1) is 6.04 Å². The number of nitrogens with zero attached hydrogens (tertiary/aromatic N) is 2. The lowest BCUT2D eigenvalue weighted by atomic mass is 9.86. The van der Waals surface area contributed by atoms with Crippen molar-refractivity contribution in [3.05, 3.63) is 41.6 Å². The summed E-state index contributed by atoms with van der Waals surface area (Å²) in [6.07, 6.45) is 6.53. The largest absolute Gasteiger partial charge is 0.365 e. The fraction of sp³-hybridized carbons (Fsp3) is 0.444. The number of primary amides is 1. The molecule has 1 aromatic heterocycles. The number of carbonyl (C=O) groups is 1. The van der Waals surface area contributed by atoms with E-state index in [-0.39, 0.29) is 0 Å². The van der Waals surface area contributed by atoms with Gasteiger partial charge in [0.15, 0.2) is 5.82 Å². The van der Waals surface area contributed by atoms with Crippen LogP contribution in [0.5, 0.6) is 0 Å². The van der Waals surface area contributed by atoms with Gasteiger partial charge in [-0.05, 0) is 36.5 Å². The molecule has 6 heteroatoms. The minimum atomic E-state index is -0.467. The van der Waals surface area contributed by atoms with Crippen LogP contribution in [0.3, 0.4) is 0 Å². The van der Waals surface area contributed by atoms with Gasteiger partial charge < -0.3 is 16.8 Å². The Kier molecular flexibility index (Phi) is 4.85. The summed E-state index contributed by atoms with van der Waals surface area (Å²) in [5.41, 5.74) is 13.5. The van der Waals surface area contributed by atoms with Gasteiger partial charge in [-0.2, -0.15) is 5.10 Å².